The second kappa shape index (κ2) is 5.33. The summed E-state index contributed by atoms with van der Waals surface area (Å²) in [5.41, 5.74) is 5.82. The SMILES string of the molecule is COc1cc(C2(CN)CCCC2)c(F)c(OC)c1F. The van der Waals surface area contributed by atoms with Gasteiger partial charge >= 0.3 is 0 Å². The highest BCUT2D eigenvalue weighted by Crippen LogP contribution is 2.45. The number of nitrogens with two attached hydrogens (primary N) is 1. The maximum Gasteiger partial charge on any atom is 0.209 e. The van der Waals surface area contributed by atoms with Crippen LogP contribution in [0.4, 0.5) is 8.78 Å². The largest absolute Gasteiger partial charge is 0.494 e. The molecule has 1 aromatic carbocycles. The van der Waals surface area contributed by atoms with E-state index in [4.69, 9.17) is 15.2 Å². The minimum absolute atomic E-state index is 0.00650. The van der Waals surface area contributed by atoms with E-state index in [1.54, 1.807) is 0 Å². The molecule has 0 aromatic heterocycles. The summed E-state index contributed by atoms with van der Waals surface area (Å²) < 4.78 is 38.2. The van der Waals surface area contributed by atoms with Gasteiger partial charge in [-0.15, -0.1) is 0 Å². The summed E-state index contributed by atoms with van der Waals surface area (Å²) in [5.74, 6) is -1.87. The zero-order chi connectivity index (χ0) is 14.0. The summed E-state index contributed by atoms with van der Waals surface area (Å²) in [6.07, 6.45) is 3.61. The molecule has 0 radical (unpaired) electrons. The van der Waals surface area contributed by atoms with Crippen LogP contribution in [0.1, 0.15) is 31.2 Å². The van der Waals surface area contributed by atoms with Crippen LogP contribution in [0.15, 0.2) is 6.07 Å². The normalized spacial score (nSPS) is 17.5. The minimum atomic E-state index is -0.809. The summed E-state index contributed by atoms with van der Waals surface area (Å²) in [6, 6.07) is 1.42. The molecule has 2 N–H and O–H groups in total. The van der Waals surface area contributed by atoms with E-state index in [0.717, 1.165) is 25.7 Å². The number of ether oxygens (including phenoxy) is 2. The number of hydrogen-bond acceptors (Lipinski definition) is 3. The Kier molecular flexibility index (Phi) is 3.94. The molecular formula is C14H19F2NO2. The van der Waals surface area contributed by atoms with Gasteiger partial charge in [-0.05, 0) is 18.9 Å². The van der Waals surface area contributed by atoms with Crippen LogP contribution in [0.2, 0.25) is 0 Å². The molecule has 0 heterocycles. The zero-order valence-electron chi connectivity index (χ0n) is 11.3. The van der Waals surface area contributed by atoms with Crippen molar-refractivity contribution in [2.24, 2.45) is 5.73 Å². The number of halogens is 2. The number of methoxy groups -OCH3 is 2. The average Bonchev–Trinajstić information content (AvgIpc) is 2.89. The lowest BCUT2D eigenvalue weighted by Crippen LogP contribution is -2.33. The third kappa shape index (κ3) is 2.16. The Morgan fingerprint density at radius 3 is 2.26 bits per heavy atom. The van der Waals surface area contributed by atoms with Crippen molar-refractivity contribution in [3.63, 3.8) is 0 Å². The van der Waals surface area contributed by atoms with Gasteiger partial charge in [0.05, 0.1) is 14.2 Å². The zero-order valence-corrected chi connectivity index (χ0v) is 11.3. The van der Waals surface area contributed by atoms with Crippen molar-refractivity contribution in [2.45, 2.75) is 31.1 Å². The van der Waals surface area contributed by atoms with E-state index in [9.17, 15) is 8.78 Å². The van der Waals surface area contributed by atoms with Crippen LogP contribution in [0.5, 0.6) is 11.5 Å². The monoisotopic (exact) mass is 271 g/mol. The number of hydrogen-bond donors (Lipinski definition) is 1. The van der Waals surface area contributed by atoms with Crippen LogP contribution in [0.3, 0.4) is 0 Å². The van der Waals surface area contributed by atoms with Crippen LogP contribution in [-0.4, -0.2) is 20.8 Å². The maximum atomic E-state index is 14.5. The first-order chi connectivity index (χ1) is 9.09. The Labute approximate surface area is 111 Å². The van der Waals surface area contributed by atoms with E-state index in [1.807, 2.05) is 0 Å². The summed E-state index contributed by atoms with van der Waals surface area (Å²) in [7, 11) is 2.60. The van der Waals surface area contributed by atoms with Gasteiger partial charge in [0.25, 0.3) is 0 Å². The maximum absolute atomic E-state index is 14.5. The van der Waals surface area contributed by atoms with Gasteiger partial charge in [-0.1, -0.05) is 12.8 Å². The van der Waals surface area contributed by atoms with Gasteiger partial charge in [0.1, 0.15) is 0 Å². The van der Waals surface area contributed by atoms with Crippen molar-refractivity contribution in [1.29, 1.82) is 0 Å². The van der Waals surface area contributed by atoms with Crippen LogP contribution in [-0.2, 0) is 5.41 Å². The van der Waals surface area contributed by atoms with E-state index >= 15 is 0 Å². The molecule has 5 heteroatoms. The third-order valence-electron chi connectivity index (χ3n) is 4.07. The van der Waals surface area contributed by atoms with Gasteiger partial charge in [0, 0.05) is 17.5 Å². The first kappa shape index (κ1) is 14.1. The predicted molar refractivity (Wildman–Crippen MR) is 68.7 cm³/mol. The molecule has 0 bridgehead atoms. The molecule has 1 aliphatic rings. The fraction of sp³-hybridized carbons (Fsp3) is 0.571. The molecule has 0 unspecified atom stereocenters. The molecule has 0 spiro atoms. The fourth-order valence-corrected chi connectivity index (χ4v) is 2.94. The molecule has 1 aromatic rings. The van der Waals surface area contributed by atoms with Crippen LogP contribution >= 0.6 is 0 Å². The molecule has 1 fully saturated rings. The van der Waals surface area contributed by atoms with Gasteiger partial charge in [0.2, 0.25) is 5.82 Å². The molecular weight excluding hydrogens is 252 g/mol. The van der Waals surface area contributed by atoms with Gasteiger partial charge in [0.15, 0.2) is 17.3 Å². The second-order valence-corrected chi connectivity index (χ2v) is 4.98. The summed E-state index contributed by atoms with van der Waals surface area (Å²) >= 11 is 0. The molecule has 2 rings (SSSR count). The Bertz CT molecular complexity index is 471. The van der Waals surface area contributed by atoms with Gasteiger partial charge in [-0.2, -0.15) is 4.39 Å². The first-order valence-corrected chi connectivity index (χ1v) is 6.40. The third-order valence-corrected chi connectivity index (χ3v) is 4.07. The molecule has 3 nitrogen and oxygen atoms in total. The highest BCUT2D eigenvalue weighted by molar-refractivity contribution is 5.45. The van der Waals surface area contributed by atoms with Gasteiger partial charge in [-0.3, -0.25) is 0 Å². The molecule has 19 heavy (non-hydrogen) atoms. The van der Waals surface area contributed by atoms with Crippen LogP contribution in [0, 0.1) is 11.6 Å². The molecule has 106 valence electrons. The van der Waals surface area contributed by atoms with Crippen molar-refractivity contribution in [2.75, 3.05) is 20.8 Å². The summed E-state index contributed by atoms with van der Waals surface area (Å²) in [6.45, 7) is 0.335. The van der Waals surface area contributed by atoms with Crippen molar-refractivity contribution in [3.8, 4) is 11.5 Å². The molecule has 0 saturated heterocycles. The van der Waals surface area contributed by atoms with Crippen molar-refractivity contribution < 1.29 is 18.3 Å². The molecule has 0 aliphatic heterocycles. The van der Waals surface area contributed by atoms with E-state index < -0.39 is 22.8 Å². The van der Waals surface area contributed by atoms with E-state index in [-0.39, 0.29) is 5.75 Å². The Hall–Kier alpha value is -1.36. The molecule has 1 saturated carbocycles. The van der Waals surface area contributed by atoms with Crippen LogP contribution < -0.4 is 15.2 Å². The van der Waals surface area contributed by atoms with E-state index in [2.05, 4.69) is 0 Å². The molecule has 0 amide bonds. The fourth-order valence-electron chi connectivity index (χ4n) is 2.94. The topological polar surface area (TPSA) is 44.5 Å². The lowest BCUT2D eigenvalue weighted by Gasteiger charge is -2.29. The Morgan fingerprint density at radius 1 is 1.16 bits per heavy atom. The van der Waals surface area contributed by atoms with Gasteiger partial charge in [-0.25, -0.2) is 4.39 Å². The van der Waals surface area contributed by atoms with Crippen LogP contribution in [0.25, 0.3) is 0 Å². The lowest BCUT2D eigenvalue weighted by molar-refractivity contribution is 0.321. The van der Waals surface area contributed by atoms with E-state index in [1.165, 1.54) is 20.3 Å². The quantitative estimate of drug-likeness (QED) is 0.915. The van der Waals surface area contributed by atoms with Crippen molar-refractivity contribution >= 4 is 0 Å². The average molecular weight is 271 g/mol. The molecule has 1 aliphatic carbocycles. The molecule has 0 atom stereocenters. The van der Waals surface area contributed by atoms with E-state index in [0.29, 0.717) is 12.1 Å². The highest BCUT2D eigenvalue weighted by atomic mass is 19.1. The number of benzene rings is 1. The lowest BCUT2D eigenvalue weighted by atomic mass is 9.78. The summed E-state index contributed by atoms with van der Waals surface area (Å²) in [4.78, 5) is 0. The summed E-state index contributed by atoms with van der Waals surface area (Å²) in [5, 5.41) is 0. The second-order valence-electron chi connectivity index (χ2n) is 4.98. The Balaban J connectivity index is 2.62. The smallest absolute Gasteiger partial charge is 0.209 e. The highest BCUT2D eigenvalue weighted by Gasteiger charge is 2.39. The first-order valence-electron chi connectivity index (χ1n) is 6.40. The minimum Gasteiger partial charge on any atom is -0.494 e. The Morgan fingerprint density at radius 2 is 1.79 bits per heavy atom. The number of rotatable bonds is 4. The van der Waals surface area contributed by atoms with Crippen molar-refractivity contribution in [1.82, 2.24) is 0 Å². The van der Waals surface area contributed by atoms with Gasteiger partial charge < -0.3 is 15.2 Å². The van der Waals surface area contributed by atoms with Crippen molar-refractivity contribution in [3.05, 3.63) is 23.3 Å². The predicted octanol–water partition coefficient (Wildman–Crippen LogP) is 2.75. The standard InChI is InChI=1S/C14H19F2NO2/c1-18-10-7-9(11(15)13(19-2)12(10)16)14(8-17)5-3-4-6-14/h7H,3-6,8,17H2,1-2H3.